The molecule has 4 amide bonds. The maximum atomic E-state index is 12.7. The van der Waals surface area contributed by atoms with E-state index in [1.807, 2.05) is 28.8 Å². The Bertz CT molecular complexity index is 855. The van der Waals surface area contributed by atoms with Gasteiger partial charge in [0, 0.05) is 31.6 Å². The van der Waals surface area contributed by atoms with Crippen LogP contribution in [0.1, 0.15) is 37.4 Å². The Morgan fingerprint density at radius 1 is 1.12 bits per heavy atom. The zero-order chi connectivity index (χ0) is 18.1. The molecule has 4 rings (SSSR count). The van der Waals surface area contributed by atoms with Crippen LogP contribution < -0.4 is 10.6 Å². The maximum absolute atomic E-state index is 12.7. The second-order valence-corrected chi connectivity index (χ2v) is 6.70. The highest BCUT2D eigenvalue weighted by Gasteiger charge is 2.32. The molecule has 0 radical (unpaired) electrons. The number of fused-ring (bicyclic) bond motifs is 1. The summed E-state index contributed by atoms with van der Waals surface area (Å²) >= 11 is 0. The number of amides is 4. The van der Waals surface area contributed by atoms with Crippen LogP contribution in [0.3, 0.4) is 0 Å². The molecule has 2 aliphatic rings. The van der Waals surface area contributed by atoms with Gasteiger partial charge in [-0.15, -0.1) is 10.2 Å². The van der Waals surface area contributed by atoms with Crippen LogP contribution in [-0.2, 0) is 9.59 Å². The number of rotatable bonds is 2. The molecule has 26 heavy (non-hydrogen) atoms. The minimum atomic E-state index is -0.646. The SMILES string of the molecule is O=C1CC[C@@H](C(=O)N2CCC(c3nnc4ccccn34)CC2)NC(=O)N1. The second-order valence-electron chi connectivity index (χ2n) is 6.70. The van der Waals surface area contributed by atoms with Crippen molar-refractivity contribution in [3.8, 4) is 0 Å². The summed E-state index contributed by atoms with van der Waals surface area (Å²) in [5.41, 5.74) is 0.819. The van der Waals surface area contributed by atoms with Crippen LogP contribution in [0.5, 0.6) is 0 Å². The van der Waals surface area contributed by atoms with Crippen molar-refractivity contribution in [3.05, 3.63) is 30.2 Å². The first-order valence-corrected chi connectivity index (χ1v) is 8.80. The van der Waals surface area contributed by atoms with Crippen LogP contribution in [0.15, 0.2) is 24.4 Å². The lowest BCUT2D eigenvalue weighted by atomic mass is 9.95. The van der Waals surface area contributed by atoms with Crippen LogP contribution in [0.25, 0.3) is 5.65 Å². The number of hydrogen-bond acceptors (Lipinski definition) is 5. The molecule has 2 aromatic rings. The average Bonchev–Trinajstić information content (AvgIpc) is 3.00. The fourth-order valence-electron chi connectivity index (χ4n) is 3.63. The van der Waals surface area contributed by atoms with Gasteiger partial charge in [0.25, 0.3) is 0 Å². The number of piperidine rings is 1. The van der Waals surface area contributed by atoms with E-state index in [1.54, 1.807) is 4.90 Å². The molecule has 9 heteroatoms. The monoisotopic (exact) mass is 356 g/mol. The molecule has 1 atom stereocenters. The standard InChI is InChI=1S/C17H20N6O3/c24-14-5-4-12(18-17(26)19-14)16(25)22-9-6-11(7-10-22)15-21-20-13-3-1-2-8-23(13)15/h1-3,8,11-12H,4-7,9-10H2,(H2,18,19,24,26)/t12-/m0/s1. The lowest BCUT2D eigenvalue weighted by Crippen LogP contribution is -2.51. The zero-order valence-corrected chi connectivity index (χ0v) is 14.2. The Balaban J connectivity index is 1.41. The molecule has 0 bridgehead atoms. The largest absolute Gasteiger partial charge is 0.341 e. The summed E-state index contributed by atoms with van der Waals surface area (Å²) < 4.78 is 1.99. The summed E-state index contributed by atoms with van der Waals surface area (Å²) in [6.07, 6.45) is 4.02. The van der Waals surface area contributed by atoms with E-state index in [-0.39, 0.29) is 24.2 Å². The number of likely N-dealkylation sites (tertiary alicyclic amines) is 1. The van der Waals surface area contributed by atoms with Crippen molar-refractivity contribution in [3.63, 3.8) is 0 Å². The lowest BCUT2D eigenvalue weighted by molar-refractivity contribution is -0.134. The Hall–Kier alpha value is -2.97. The van der Waals surface area contributed by atoms with Gasteiger partial charge in [-0.05, 0) is 31.4 Å². The first kappa shape index (κ1) is 16.5. The van der Waals surface area contributed by atoms with Crippen LogP contribution in [0, 0.1) is 0 Å². The fourth-order valence-corrected chi connectivity index (χ4v) is 3.63. The highest BCUT2D eigenvalue weighted by Crippen LogP contribution is 2.27. The number of hydrogen-bond donors (Lipinski definition) is 2. The third-order valence-electron chi connectivity index (χ3n) is 5.03. The average molecular weight is 356 g/mol. The van der Waals surface area contributed by atoms with Gasteiger partial charge in [0.05, 0.1) is 0 Å². The fraction of sp³-hybridized carbons (Fsp3) is 0.471. The summed E-state index contributed by atoms with van der Waals surface area (Å²) in [5, 5.41) is 13.3. The van der Waals surface area contributed by atoms with Gasteiger partial charge >= 0.3 is 6.03 Å². The highest BCUT2D eigenvalue weighted by atomic mass is 16.2. The third kappa shape index (κ3) is 3.12. The number of nitrogens with zero attached hydrogens (tertiary/aromatic N) is 4. The van der Waals surface area contributed by atoms with E-state index >= 15 is 0 Å². The van der Waals surface area contributed by atoms with E-state index in [2.05, 4.69) is 20.8 Å². The van der Waals surface area contributed by atoms with Crippen LogP contribution in [0.2, 0.25) is 0 Å². The van der Waals surface area contributed by atoms with Crippen molar-refractivity contribution in [2.45, 2.75) is 37.6 Å². The van der Waals surface area contributed by atoms with Gasteiger partial charge in [0.2, 0.25) is 11.8 Å². The molecule has 2 fully saturated rings. The van der Waals surface area contributed by atoms with Gasteiger partial charge in [0.1, 0.15) is 11.9 Å². The van der Waals surface area contributed by atoms with Gasteiger partial charge in [-0.3, -0.25) is 19.3 Å². The first-order valence-electron chi connectivity index (χ1n) is 8.80. The summed E-state index contributed by atoms with van der Waals surface area (Å²) in [4.78, 5) is 37.5. The minimum absolute atomic E-state index is 0.126. The lowest BCUT2D eigenvalue weighted by Gasteiger charge is -2.33. The second kappa shape index (κ2) is 6.74. The van der Waals surface area contributed by atoms with Gasteiger partial charge in [0.15, 0.2) is 5.65 Å². The number of aromatic nitrogens is 3. The molecule has 0 unspecified atom stereocenters. The normalized spacial score (nSPS) is 22.0. The van der Waals surface area contributed by atoms with Crippen molar-refractivity contribution in [1.29, 1.82) is 0 Å². The minimum Gasteiger partial charge on any atom is -0.341 e. The Kier molecular flexibility index (Phi) is 4.27. The van der Waals surface area contributed by atoms with Crippen molar-refractivity contribution < 1.29 is 14.4 Å². The van der Waals surface area contributed by atoms with Crippen molar-refractivity contribution in [1.82, 2.24) is 30.1 Å². The molecular formula is C17H20N6O3. The first-order chi connectivity index (χ1) is 12.6. The highest BCUT2D eigenvalue weighted by molar-refractivity contribution is 5.98. The van der Waals surface area contributed by atoms with Crippen LogP contribution in [-0.4, -0.2) is 56.5 Å². The number of imide groups is 1. The molecule has 0 aliphatic carbocycles. The maximum Gasteiger partial charge on any atom is 0.322 e. The van der Waals surface area contributed by atoms with E-state index in [9.17, 15) is 14.4 Å². The number of pyridine rings is 1. The Morgan fingerprint density at radius 3 is 2.73 bits per heavy atom. The molecule has 0 aromatic carbocycles. The summed E-state index contributed by atoms with van der Waals surface area (Å²) in [7, 11) is 0. The van der Waals surface area contributed by atoms with E-state index in [1.165, 1.54) is 0 Å². The van der Waals surface area contributed by atoms with Crippen molar-refractivity contribution in [2.24, 2.45) is 0 Å². The quantitative estimate of drug-likeness (QED) is 0.811. The number of carbonyl (C=O) groups excluding carboxylic acids is 3. The van der Waals surface area contributed by atoms with E-state index < -0.39 is 12.1 Å². The number of carbonyl (C=O) groups is 3. The molecular weight excluding hydrogens is 336 g/mol. The van der Waals surface area contributed by atoms with Crippen molar-refractivity contribution >= 4 is 23.5 Å². The van der Waals surface area contributed by atoms with Gasteiger partial charge < -0.3 is 10.2 Å². The van der Waals surface area contributed by atoms with Gasteiger partial charge in [-0.25, -0.2) is 4.79 Å². The number of nitrogens with one attached hydrogen (secondary N) is 2. The van der Waals surface area contributed by atoms with E-state index in [0.717, 1.165) is 24.3 Å². The Morgan fingerprint density at radius 2 is 1.92 bits per heavy atom. The molecule has 136 valence electrons. The molecule has 0 saturated carbocycles. The van der Waals surface area contributed by atoms with E-state index in [0.29, 0.717) is 19.5 Å². The molecule has 4 heterocycles. The predicted octanol–water partition coefficient (Wildman–Crippen LogP) is 0.424. The summed E-state index contributed by atoms with van der Waals surface area (Å²) in [6.45, 7) is 1.19. The summed E-state index contributed by atoms with van der Waals surface area (Å²) in [5.74, 6) is 0.684. The molecule has 2 aromatic heterocycles. The molecule has 0 spiro atoms. The molecule has 2 aliphatic heterocycles. The zero-order valence-electron chi connectivity index (χ0n) is 14.2. The van der Waals surface area contributed by atoms with Gasteiger partial charge in [-0.1, -0.05) is 6.07 Å². The molecule has 2 saturated heterocycles. The smallest absolute Gasteiger partial charge is 0.322 e. The van der Waals surface area contributed by atoms with Crippen LogP contribution >= 0.6 is 0 Å². The number of urea groups is 1. The predicted molar refractivity (Wildman–Crippen MR) is 91.2 cm³/mol. The van der Waals surface area contributed by atoms with E-state index in [4.69, 9.17) is 0 Å². The molecule has 9 nitrogen and oxygen atoms in total. The summed E-state index contributed by atoms with van der Waals surface area (Å²) in [6, 6.07) is 4.54. The van der Waals surface area contributed by atoms with Crippen molar-refractivity contribution in [2.75, 3.05) is 13.1 Å². The topological polar surface area (TPSA) is 109 Å². The Labute approximate surface area is 149 Å². The van der Waals surface area contributed by atoms with Gasteiger partial charge in [-0.2, -0.15) is 0 Å². The third-order valence-corrected chi connectivity index (χ3v) is 5.03. The molecule has 2 N–H and O–H groups in total. The van der Waals surface area contributed by atoms with Crippen LogP contribution in [0.4, 0.5) is 4.79 Å².